The fourth-order valence-electron chi connectivity index (χ4n) is 2.27. The molecule has 0 radical (unpaired) electrons. The molecule has 0 aliphatic rings. The van der Waals surface area contributed by atoms with Crippen LogP contribution in [0.4, 0.5) is 5.69 Å². The lowest BCUT2D eigenvalue weighted by atomic mass is 10.0. The predicted octanol–water partition coefficient (Wildman–Crippen LogP) is 3.93. The molecule has 0 heterocycles. The van der Waals surface area contributed by atoms with Crippen LogP contribution in [0.2, 0.25) is 0 Å². The molecule has 3 N–H and O–H groups in total. The standard InChI is InChI=1S/C18H14N2OS/c19-18(22)13-5-8-14(9-6-13)20-11-16-15-4-2-1-3-12(15)7-10-17(16)21/h1-11,21H,(H2,19,22). The Kier molecular flexibility index (Phi) is 3.85. The van der Waals surface area contributed by atoms with Crippen molar-refractivity contribution in [3.05, 3.63) is 71.8 Å². The molecule has 3 aromatic carbocycles. The molecule has 0 aliphatic carbocycles. The largest absolute Gasteiger partial charge is 0.507 e. The second-order valence-electron chi connectivity index (χ2n) is 4.89. The summed E-state index contributed by atoms with van der Waals surface area (Å²) < 4.78 is 0. The molecule has 3 rings (SSSR count). The zero-order valence-corrected chi connectivity index (χ0v) is 12.5. The van der Waals surface area contributed by atoms with Crippen molar-refractivity contribution in [1.29, 1.82) is 0 Å². The zero-order chi connectivity index (χ0) is 15.5. The van der Waals surface area contributed by atoms with Crippen molar-refractivity contribution < 1.29 is 5.11 Å². The number of phenolic OH excluding ortho intramolecular Hbond substituents is 1. The van der Waals surface area contributed by atoms with E-state index in [1.807, 2.05) is 54.6 Å². The van der Waals surface area contributed by atoms with Gasteiger partial charge in [0, 0.05) is 17.3 Å². The van der Waals surface area contributed by atoms with E-state index in [1.165, 1.54) is 0 Å². The molecule has 0 aromatic heterocycles. The number of phenols is 1. The molecule has 0 unspecified atom stereocenters. The van der Waals surface area contributed by atoms with Gasteiger partial charge in [-0.15, -0.1) is 0 Å². The van der Waals surface area contributed by atoms with Gasteiger partial charge >= 0.3 is 0 Å². The predicted molar refractivity (Wildman–Crippen MR) is 95.2 cm³/mol. The van der Waals surface area contributed by atoms with Gasteiger partial charge in [0.1, 0.15) is 10.7 Å². The van der Waals surface area contributed by atoms with Crippen molar-refractivity contribution in [2.45, 2.75) is 0 Å². The van der Waals surface area contributed by atoms with Gasteiger partial charge in [0.2, 0.25) is 0 Å². The minimum absolute atomic E-state index is 0.210. The summed E-state index contributed by atoms with van der Waals surface area (Å²) in [5.41, 5.74) is 7.85. The summed E-state index contributed by atoms with van der Waals surface area (Å²) in [6, 6.07) is 18.8. The maximum atomic E-state index is 10.1. The summed E-state index contributed by atoms with van der Waals surface area (Å²) in [6.07, 6.45) is 1.67. The molecular weight excluding hydrogens is 292 g/mol. The van der Waals surface area contributed by atoms with E-state index in [-0.39, 0.29) is 5.75 Å². The van der Waals surface area contributed by atoms with Crippen molar-refractivity contribution in [1.82, 2.24) is 0 Å². The number of fused-ring (bicyclic) bond motifs is 1. The number of nitrogens with two attached hydrogens (primary N) is 1. The second-order valence-corrected chi connectivity index (χ2v) is 5.33. The number of rotatable bonds is 3. The quantitative estimate of drug-likeness (QED) is 0.569. The Hall–Kier alpha value is -2.72. The average Bonchev–Trinajstić information content (AvgIpc) is 2.54. The second kappa shape index (κ2) is 5.95. The molecule has 3 aromatic rings. The van der Waals surface area contributed by atoms with E-state index in [4.69, 9.17) is 18.0 Å². The minimum atomic E-state index is 0.210. The van der Waals surface area contributed by atoms with E-state index in [0.29, 0.717) is 10.6 Å². The highest BCUT2D eigenvalue weighted by molar-refractivity contribution is 7.80. The first kappa shape index (κ1) is 14.2. The molecule has 0 saturated heterocycles. The molecule has 0 saturated carbocycles. The number of nitrogens with zero attached hydrogens (tertiary/aromatic N) is 1. The number of hydrogen-bond acceptors (Lipinski definition) is 3. The highest BCUT2D eigenvalue weighted by Crippen LogP contribution is 2.26. The van der Waals surface area contributed by atoms with Crippen LogP contribution in [0.3, 0.4) is 0 Å². The number of aromatic hydroxyl groups is 1. The molecule has 108 valence electrons. The number of benzene rings is 3. The van der Waals surface area contributed by atoms with Gasteiger partial charge in [0.15, 0.2) is 0 Å². The molecule has 4 heteroatoms. The SMILES string of the molecule is NC(=S)c1ccc(N=Cc2c(O)ccc3ccccc23)cc1. The summed E-state index contributed by atoms with van der Waals surface area (Å²) in [6.45, 7) is 0. The summed E-state index contributed by atoms with van der Waals surface area (Å²) in [5.74, 6) is 0.210. The Balaban J connectivity index is 1.98. The van der Waals surface area contributed by atoms with Gasteiger partial charge in [-0.3, -0.25) is 4.99 Å². The van der Waals surface area contributed by atoms with Gasteiger partial charge in [-0.2, -0.15) is 0 Å². The fraction of sp³-hybridized carbons (Fsp3) is 0. The Labute approximate surface area is 133 Å². The van der Waals surface area contributed by atoms with Crippen LogP contribution < -0.4 is 5.73 Å². The van der Waals surface area contributed by atoms with E-state index in [2.05, 4.69) is 4.99 Å². The van der Waals surface area contributed by atoms with Gasteiger partial charge in [-0.25, -0.2) is 0 Å². The van der Waals surface area contributed by atoms with Gasteiger partial charge in [-0.05, 0) is 41.1 Å². The van der Waals surface area contributed by atoms with Crippen molar-refractivity contribution >= 4 is 39.9 Å². The molecule has 0 amide bonds. The Bertz CT molecular complexity index is 870. The van der Waals surface area contributed by atoms with Crippen LogP contribution in [0.25, 0.3) is 10.8 Å². The summed E-state index contributed by atoms with van der Waals surface area (Å²) >= 11 is 4.92. The van der Waals surface area contributed by atoms with E-state index in [0.717, 1.165) is 22.0 Å². The van der Waals surface area contributed by atoms with Gasteiger partial charge < -0.3 is 10.8 Å². The third kappa shape index (κ3) is 2.82. The van der Waals surface area contributed by atoms with Crippen LogP contribution in [-0.4, -0.2) is 16.3 Å². The lowest BCUT2D eigenvalue weighted by Gasteiger charge is -2.04. The van der Waals surface area contributed by atoms with E-state index < -0.39 is 0 Å². The molecule has 0 bridgehead atoms. The minimum Gasteiger partial charge on any atom is -0.507 e. The molecule has 0 atom stereocenters. The van der Waals surface area contributed by atoms with Crippen LogP contribution >= 0.6 is 12.2 Å². The third-order valence-corrected chi connectivity index (χ3v) is 3.68. The van der Waals surface area contributed by atoms with Crippen LogP contribution in [0.5, 0.6) is 5.75 Å². The normalized spacial score (nSPS) is 11.1. The molecular formula is C18H14N2OS. The van der Waals surface area contributed by atoms with Gasteiger partial charge in [0.05, 0.1) is 5.69 Å². The maximum absolute atomic E-state index is 10.1. The Morgan fingerprint density at radius 2 is 1.73 bits per heavy atom. The topological polar surface area (TPSA) is 58.6 Å². The number of hydrogen-bond donors (Lipinski definition) is 2. The molecule has 3 nitrogen and oxygen atoms in total. The zero-order valence-electron chi connectivity index (χ0n) is 11.7. The highest BCUT2D eigenvalue weighted by Gasteiger charge is 2.04. The summed E-state index contributed by atoms with van der Waals surface area (Å²) in [5, 5.41) is 12.1. The van der Waals surface area contributed by atoms with Crippen molar-refractivity contribution in [3.63, 3.8) is 0 Å². The smallest absolute Gasteiger partial charge is 0.124 e. The first-order chi connectivity index (χ1) is 10.6. The molecule has 0 aliphatic heterocycles. The third-order valence-electron chi connectivity index (χ3n) is 3.44. The Morgan fingerprint density at radius 3 is 2.45 bits per heavy atom. The van der Waals surface area contributed by atoms with Crippen molar-refractivity contribution in [2.75, 3.05) is 0 Å². The van der Waals surface area contributed by atoms with Crippen molar-refractivity contribution in [2.24, 2.45) is 10.7 Å². The first-order valence-corrected chi connectivity index (χ1v) is 7.20. The first-order valence-electron chi connectivity index (χ1n) is 6.80. The monoisotopic (exact) mass is 306 g/mol. The molecule has 22 heavy (non-hydrogen) atoms. The van der Waals surface area contributed by atoms with E-state index in [1.54, 1.807) is 12.3 Å². The van der Waals surface area contributed by atoms with Crippen LogP contribution in [0, 0.1) is 0 Å². The number of aliphatic imine (C=N–C) groups is 1. The van der Waals surface area contributed by atoms with E-state index in [9.17, 15) is 5.11 Å². The maximum Gasteiger partial charge on any atom is 0.124 e. The number of thiocarbonyl (C=S) groups is 1. The summed E-state index contributed by atoms with van der Waals surface area (Å²) in [4.78, 5) is 4.78. The van der Waals surface area contributed by atoms with Crippen LogP contribution in [0.15, 0.2) is 65.7 Å². The van der Waals surface area contributed by atoms with Gasteiger partial charge in [0.25, 0.3) is 0 Å². The lowest BCUT2D eigenvalue weighted by molar-refractivity contribution is 0.475. The van der Waals surface area contributed by atoms with Crippen LogP contribution in [0.1, 0.15) is 11.1 Å². The lowest BCUT2D eigenvalue weighted by Crippen LogP contribution is -2.08. The fourth-order valence-corrected chi connectivity index (χ4v) is 2.41. The van der Waals surface area contributed by atoms with Crippen LogP contribution in [-0.2, 0) is 0 Å². The summed E-state index contributed by atoms with van der Waals surface area (Å²) in [7, 11) is 0. The van der Waals surface area contributed by atoms with E-state index >= 15 is 0 Å². The molecule has 0 fully saturated rings. The molecule has 0 spiro atoms. The average molecular weight is 306 g/mol. The highest BCUT2D eigenvalue weighted by atomic mass is 32.1. The van der Waals surface area contributed by atoms with Gasteiger partial charge in [-0.1, -0.05) is 42.5 Å². The van der Waals surface area contributed by atoms with Crippen molar-refractivity contribution in [3.8, 4) is 5.75 Å². The Morgan fingerprint density at radius 1 is 1.00 bits per heavy atom.